The SMILES string of the molecule is CN1CCC[C@H](N2CCOCC2)C1. The summed E-state index contributed by atoms with van der Waals surface area (Å²) in [5.74, 6) is 0. The molecular formula is C10H20N2O. The van der Waals surface area contributed by atoms with E-state index in [1.54, 1.807) is 0 Å². The van der Waals surface area contributed by atoms with Gasteiger partial charge in [0, 0.05) is 25.7 Å². The number of ether oxygens (including phenoxy) is 1. The molecule has 1 atom stereocenters. The fraction of sp³-hybridized carbons (Fsp3) is 1.00. The maximum Gasteiger partial charge on any atom is 0.0594 e. The third-order valence-corrected chi connectivity index (χ3v) is 3.16. The number of hydrogen-bond acceptors (Lipinski definition) is 3. The minimum Gasteiger partial charge on any atom is -0.379 e. The summed E-state index contributed by atoms with van der Waals surface area (Å²) in [6, 6.07) is 0.794. The Labute approximate surface area is 80.6 Å². The lowest BCUT2D eigenvalue weighted by molar-refractivity contribution is 0.000429. The molecule has 2 aliphatic heterocycles. The van der Waals surface area contributed by atoms with Gasteiger partial charge in [0.2, 0.25) is 0 Å². The van der Waals surface area contributed by atoms with Crippen molar-refractivity contribution >= 4 is 0 Å². The van der Waals surface area contributed by atoms with Crippen LogP contribution < -0.4 is 0 Å². The smallest absolute Gasteiger partial charge is 0.0594 e. The Kier molecular flexibility index (Phi) is 3.19. The Morgan fingerprint density at radius 3 is 2.62 bits per heavy atom. The summed E-state index contributed by atoms with van der Waals surface area (Å²) in [6.45, 7) is 6.66. The van der Waals surface area contributed by atoms with Gasteiger partial charge in [-0.15, -0.1) is 0 Å². The normalized spacial score (nSPS) is 33.5. The molecule has 2 aliphatic rings. The molecule has 2 heterocycles. The first-order valence-corrected chi connectivity index (χ1v) is 5.36. The molecule has 0 aliphatic carbocycles. The molecule has 0 aromatic heterocycles. The van der Waals surface area contributed by atoms with Crippen molar-refractivity contribution in [3.05, 3.63) is 0 Å². The second-order valence-corrected chi connectivity index (χ2v) is 4.21. The van der Waals surface area contributed by atoms with Crippen LogP contribution in [0.15, 0.2) is 0 Å². The highest BCUT2D eigenvalue weighted by atomic mass is 16.5. The lowest BCUT2D eigenvalue weighted by Crippen LogP contribution is -2.50. The first kappa shape index (κ1) is 9.44. The summed E-state index contributed by atoms with van der Waals surface area (Å²) in [4.78, 5) is 5.04. The lowest BCUT2D eigenvalue weighted by atomic mass is 10.0. The van der Waals surface area contributed by atoms with Gasteiger partial charge in [-0.3, -0.25) is 4.90 Å². The summed E-state index contributed by atoms with van der Waals surface area (Å²) < 4.78 is 5.36. The Morgan fingerprint density at radius 1 is 1.15 bits per heavy atom. The summed E-state index contributed by atoms with van der Waals surface area (Å²) in [5, 5.41) is 0. The van der Waals surface area contributed by atoms with E-state index in [4.69, 9.17) is 4.74 Å². The van der Waals surface area contributed by atoms with E-state index in [1.165, 1.54) is 25.9 Å². The molecule has 0 amide bonds. The van der Waals surface area contributed by atoms with Gasteiger partial charge < -0.3 is 9.64 Å². The van der Waals surface area contributed by atoms with Crippen molar-refractivity contribution in [2.75, 3.05) is 46.4 Å². The van der Waals surface area contributed by atoms with E-state index in [2.05, 4.69) is 16.8 Å². The average Bonchev–Trinajstić information content (AvgIpc) is 2.19. The molecule has 13 heavy (non-hydrogen) atoms. The zero-order valence-corrected chi connectivity index (χ0v) is 8.54. The van der Waals surface area contributed by atoms with Crippen molar-refractivity contribution in [3.63, 3.8) is 0 Å². The molecule has 0 radical (unpaired) electrons. The number of piperidine rings is 1. The van der Waals surface area contributed by atoms with Crippen LogP contribution in [-0.2, 0) is 4.74 Å². The van der Waals surface area contributed by atoms with Gasteiger partial charge >= 0.3 is 0 Å². The first-order valence-electron chi connectivity index (χ1n) is 5.36. The van der Waals surface area contributed by atoms with Crippen LogP contribution in [0.5, 0.6) is 0 Å². The van der Waals surface area contributed by atoms with Crippen molar-refractivity contribution in [2.24, 2.45) is 0 Å². The van der Waals surface area contributed by atoms with E-state index >= 15 is 0 Å². The summed E-state index contributed by atoms with van der Waals surface area (Å²) in [6.07, 6.45) is 2.74. The van der Waals surface area contributed by atoms with Gasteiger partial charge in [0.25, 0.3) is 0 Å². The first-order chi connectivity index (χ1) is 6.36. The zero-order chi connectivity index (χ0) is 9.10. The minimum absolute atomic E-state index is 0.794. The molecule has 0 unspecified atom stereocenters. The molecule has 0 aromatic carbocycles. The van der Waals surface area contributed by atoms with Crippen LogP contribution >= 0.6 is 0 Å². The van der Waals surface area contributed by atoms with Gasteiger partial charge in [-0.2, -0.15) is 0 Å². The van der Waals surface area contributed by atoms with Gasteiger partial charge in [-0.1, -0.05) is 0 Å². The molecule has 0 aromatic rings. The molecule has 3 nitrogen and oxygen atoms in total. The molecule has 0 N–H and O–H groups in total. The monoisotopic (exact) mass is 184 g/mol. The number of likely N-dealkylation sites (N-methyl/N-ethyl adjacent to an activating group) is 1. The predicted octanol–water partition coefficient (Wildman–Crippen LogP) is 0.413. The zero-order valence-electron chi connectivity index (χ0n) is 8.54. The molecule has 0 spiro atoms. The molecule has 76 valence electrons. The Morgan fingerprint density at radius 2 is 1.92 bits per heavy atom. The largest absolute Gasteiger partial charge is 0.379 e. The maximum atomic E-state index is 5.36. The standard InChI is InChI=1S/C10H20N2O/c1-11-4-2-3-10(9-11)12-5-7-13-8-6-12/h10H,2-9H2,1H3/t10-/m0/s1. The van der Waals surface area contributed by atoms with Crippen LogP contribution in [0.3, 0.4) is 0 Å². The van der Waals surface area contributed by atoms with Gasteiger partial charge in [0.15, 0.2) is 0 Å². The van der Waals surface area contributed by atoms with Crippen molar-refractivity contribution in [2.45, 2.75) is 18.9 Å². The summed E-state index contributed by atoms with van der Waals surface area (Å²) >= 11 is 0. The van der Waals surface area contributed by atoms with Gasteiger partial charge in [0.05, 0.1) is 13.2 Å². The molecule has 0 saturated carbocycles. The average molecular weight is 184 g/mol. The second kappa shape index (κ2) is 4.40. The molecule has 2 fully saturated rings. The van der Waals surface area contributed by atoms with Crippen LogP contribution in [0.2, 0.25) is 0 Å². The molecule has 0 bridgehead atoms. The lowest BCUT2D eigenvalue weighted by Gasteiger charge is -2.39. The quantitative estimate of drug-likeness (QED) is 0.587. The maximum absolute atomic E-state index is 5.36. The van der Waals surface area contributed by atoms with E-state index in [9.17, 15) is 0 Å². The van der Waals surface area contributed by atoms with E-state index in [0.717, 1.165) is 32.3 Å². The summed E-state index contributed by atoms with van der Waals surface area (Å²) in [7, 11) is 2.23. The third kappa shape index (κ3) is 2.42. The number of hydrogen-bond donors (Lipinski definition) is 0. The molecular weight excluding hydrogens is 164 g/mol. The van der Waals surface area contributed by atoms with Crippen LogP contribution in [-0.4, -0.2) is 62.3 Å². The van der Waals surface area contributed by atoms with E-state index in [0.29, 0.717) is 0 Å². The van der Waals surface area contributed by atoms with Gasteiger partial charge in [-0.05, 0) is 26.4 Å². The van der Waals surface area contributed by atoms with Gasteiger partial charge in [0.1, 0.15) is 0 Å². The van der Waals surface area contributed by atoms with Crippen molar-refractivity contribution in [1.29, 1.82) is 0 Å². The van der Waals surface area contributed by atoms with Crippen molar-refractivity contribution < 1.29 is 4.74 Å². The van der Waals surface area contributed by atoms with Crippen LogP contribution in [0.1, 0.15) is 12.8 Å². The van der Waals surface area contributed by atoms with Crippen LogP contribution in [0.4, 0.5) is 0 Å². The Hall–Kier alpha value is -0.120. The third-order valence-electron chi connectivity index (χ3n) is 3.16. The highest BCUT2D eigenvalue weighted by molar-refractivity contribution is 4.80. The van der Waals surface area contributed by atoms with E-state index in [1.807, 2.05) is 0 Å². The Balaban J connectivity index is 1.83. The fourth-order valence-corrected chi connectivity index (χ4v) is 2.38. The number of morpholine rings is 1. The van der Waals surface area contributed by atoms with E-state index < -0.39 is 0 Å². The predicted molar refractivity (Wildman–Crippen MR) is 52.9 cm³/mol. The topological polar surface area (TPSA) is 15.7 Å². The fourth-order valence-electron chi connectivity index (χ4n) is 2.38. The molecule has 2 rings (SSSR count). The highest BCUT2D eigenvalue weighted by Crippen LogP contribution is 2.15. The van der Waals surface area contributed by atoms with E-state index in [-0.39, 0.29) is 0 Å². The van der Waals surface area contributed by atoms with Crippen molar-refractivity contribution in [1.82, 2.24) is 9.80 Å². The number of likely N-dealkylation sites (tertiary alicyclic amines) is 1. The Bertz CT molecular complexity index is 157. The second-order valence-electron chi connectivity index (χ2n) is 4.21. The number of rotatable bonds is 1. The summed E-state index contributed by atoms with van der Waals surface area (Å²) in [5.41, 5.74) is 0. The number of nitrogens with zero attached hydrogens (tertiary/aromatic N) is 2. The van der Waals surface area contributed by atoms with Crippen LogP contribution in [0.25, 0.3) is 0 Å². The van der Waals surface area contributed by atoms with Gasteiger partial charge in [-0.25, -0.2) is 0 Å². The molecule has 3 heteroatoms. The highest BCUT2D eigenvalue weighted by Gasteiger charge is 2.24. The molecule has 2 saturated heterocycles. The minimum atomic E-state index is 0.794. The van der Waals surface area contributed by atoms with Crippen LogP contribution in [0, 0.1) is 0 Å². The van der Waals surface area contributed by atoms with Crippen molar-refractivity contribution in [3.8, 4) is 0 Å².